The maximum atomic E-state index is 11.8. The van der Waals surface area contributed by atoms with Crippen LogP contribution in [0.5, 0.6) is 0 Å². The summed E-state index contributed by atoms with van der Waals surface area (Å²) in [6, 6.07) is 9.70. The predicted molar refractivity (Wildman–Crippen MR) is 79.4 cm³/mol. The van der Waals surface area contributed by atoms with Crippen LogP contribution in [0.3, 0.4) is 0 Å². The molecule has 0 fully saturated rings. The second kappa shape index (κ2) is 6.52. The van der Waals surface area contributed by atoms with Crippen molar-refractivity contribution in [3.05, 3.63) is 48.3 Å². The van der Waals surface area contributed by atoms with Crippen molar-refractivity contribution < 1.29 is 4.79 Å². The predicted octanol–water partition coefficient (Wildman–Crippen LogP) is 3.04. The van der Waals surface area contributed by atoms with Crippen LogP contribution >= 0.6 is 15.9 Å². The zero-order chi connectivity index (χ0) is 13.7. The van der Waals surface area contributed by atoms with Crippen molar-refractivity contribution in [1.29, 1.82) is 0 Å². The number of hydrogen-bond donors (Lipinski definition) is 1. The average molecular weight is 322 g/mol. The van der Waals surface area contributed by atoms with Crippen LogP contribution in [0.2, 0.25) is 0 Å². The summed E-state index contributed by atoms with van der Waals surface area (Å²) in [4.78, 5) is 11.6. The Balaban J connectivity index is 2.05. The van der Waals surface area contributed by atoms with Crippen LogP contribution in [-0.2, 0) is 11.3 Å². The van der Waals surface area contributed by atoms with E-state index >= 15 is 0 Å². The molecule has 2 rings (SSSR count). The first-order valence-corrected chi connectivity index (χ1v) is 7.12. The molecule has 0 radical (unpaired) electrons. The number of halogens is 1. The monoisotopic (exact) mass is 321 g/mol. The summed E-state index contributed by atoms with van der Waals surface area (Å²) in [5.41, 5.74) is 1.91. The smallest absolute Gasteiger partial charge is 0.238 e. The maximum Gasteiger partial charge on any atom is 0.238 e. The molecule has 1 unspecified atom stereocenters. The third kappa shape index (κ3) is 3.92. The number of nitrogens with zero attached hydrogens (tertiary/aromatic N) is 2. The van der Waals surface area contributed by atoms with E-state index in [4.69, 9.17) is 0 Å². The van der Waals surface area contributed by atoms with Gasteiger partial charge >= 0.3 is 0 Å². The Hall–Kier alpha value is -1.62. The number of carbonyl (C=O) groups is 1. The molecule has 100 valence electrons. The molecule has 0 saturated carbocycles. The highest BCUT2D eigenvalue weighted by Gasteiger charge is 2.12. The lowest BCUT2D eigenvalue weighted by molar-refractivity contribution is -0.115. The average Bonchev–Trinajstić information content (AvgIpc) is 2.91. The van der Waals surface area contributed by atoms with Crippen molar-refractivity contribution in [3.8, 4) is 0 Å². The second-order valence-electron chi connectivity index (χ2n) is 4.27. The number of rotatable bonds is 5. The number of anilines is 1. The van der Waals surface area contributed by atoms with Gasteiger partial charge in [-0.05, 0) is 30.2 Å². The van der Waals surface area contributed by atoms with E-state index in [2.05, 4.69) is 26.3 Å². The molecular formula is C14H16BrN3O. The summed E-state index contributed by atoms with van der Waals surface area (Å²) in [7, 11) is 0. The van der Waals surface area contributed by atoms with Gasteiger partial charge < -0.3 is 5.32 Å². The molecule has 0 aliphatic carbocycles. The number of carbonyl (C=O) groups excluding carboxylic acids is 1. The van der Waals surface area contributed by atoms with Crippen LogP contribution in [0, 0.1) is 0 Å². The minimum Gasteiger partial charge on any atom is -0.325 e. The van der Waals surface area contributed by atoms with Crippen molar-refractivity contribution in [2.45, 2.75) is 24.7 Å². The molecule has 0 bridgehead atoms. The van der Waals surface area contributed by atoms with Gasteiger partial charge in [0.2, 0.25) is 5.91 Å². The summed E-state index contributed by atoms with van der Waals surface area (Å²) in [6.07, 6.45) is 4.43. The molecule has 0 aliphatic rings. The molecule has 1 N–H and O–H groups in total. The third-order valence-corrected chi connectivity index (χ3v) is 3.80. The summed E-state index contributed by atoms with van der Waals surface area (Å²) in [5.74, 6) is -0.0151. The Labute approximate surface area is 120 Å². The van der Waals surface area contributed by atoms with E-state index in [9.17, 15) is 4.79 Å². The van der Waals surface area contributed by atoms with Crippen LogP contribution in [0.4, 0.5) is 5.69 Å². The fourth-order valence-corrected chi connectivity index (χ4v) is 1.85. The van der Waals surface area contributed by atoms with Gasteiger partial charge in [0.05, 0.1) is 11.4 Å². The van der Waals surface area contributed by atoms with E-state index in [0.29, 0.717) is 6.54 Å². The Morgan fingerprint density at radius 2 is 2.32 bits per heavy atom. The minimum atomic E-state index is -0.151. The third-order valence-electron chi connectivity index (χ3n) is 2.74. The number of alkyl halides is 1. The first-order chi connectivity index (χ1) is 9.19. The maximum absolute atomic E-state index is 11.8. The number of hydrogen-bond acceptors (Lipinski definition) is 2. The Morgan fingerprint density at radius 1 is 1.47 bits per heavy atom. The Bertz CT molecular complexity index is 539. The van der Waals surface area contributed by atoms with E-state index in [0.717, 1.165) is 17.7 Å². The van der Waals surface area contributed by atoms with Crippen LogP contribution < -0.4 is 5.32 Å². The normalized spacial score (nSPS) is 12.1. The zero-order valence-electron chi connectivity index (χ0n) is 10.7. The second-order valence-corrected chi connectivity index (χ2v) is 5.37. The van der Waals surface area contributed by atoms with E-state index in [1.165, 1.54) is 0 Å². The Morgan fingerprint density at radius 3 is 3.00 bits per heavy atom. The van der Waals surface area contributed by atoms with Gasteiger partial charge in [-0.25, -0.2) is 0 Å². The van der Waals surface area contributed by atoms with Gasteiger partial charge in [-0.15, -0.1) is 0 Å². The van der Waals surface area contributed by atoms with Crippen LogP contribution in [0.25, 0.3) is 0 Å². The van der Waals surface area contributed by atoms with Crippen molar-refractivity contribution in [1.82, 2.24) is 9.78 Å². The number of amides is 1. The molecule has 1 atom stereocenters. The molecule has 19 heavy (non-hydrogen) atoms. The molecule has 1 aromatic heterocycles. The van der Waals surface area contributed by atoms with Gasteiger partial charge in [-0.1, -0.05) is 35.0 Å². The highest BCUT2D eigenvalue weighted by Crippen LogP contribution is 2.14. The fraction of sp³-hybridized carbons (Fsp3) is 0.286. The highest BCUT2D eigenvalue weighted by molar-refractivity contribution is 9.10. The lowest BCUT2D eigenvalue weighted by atomic mass is 10.2. The van der Waals surface area contributed by atoms with Crippen LogP contribution in [0.15, 0.2) is 42.7 Å². The van der Waals surface area contributed by atoms with Gasteiger partial charge in [-0.2, -0.15) is 5.10 Å². The van der Waals surface area contributed by atoms with Crippen molar-refractivity contribution >= 4 is 27.5 Å². The lowest BCUT2D eigenvalue weighted by Crippen LogP contribution is -2.22. The number of benzene rings is 1. The van der Waals surface area contributed by atoms with Gasteiger partial charge in [-0.3, -0.25) is 9.48 Å². The molecule has 1 aromatic carbocycles. The fourth-order valence-electron chi connectivity index (χ4n) is 1.73. The van der Waals surface area contributed by atoms with Crippen LogP contribution in [0.1, 0.15) is 18.9 Å². The van der Waals surface area contributed by atoms with Crippen molar-refractivity contribution in [3.63, 3.8) is 0 Å². The topological polar surface area (TPSA) is 46.9 Å². The van der Waals surface area contributed by atoms with Gasteiger partial charge in [0.15, 0.2) is 0 Å². The summed E-state index contributed by atoms with van der Waals surface area (Å²) in [5, 5.41) is 7.06. The summed E-state index contributed by atoms with van der Waals surface area (Å²) in [6.45, 7) is 2.66. The Kier molecular flexibility index (Phi) is 4.74. The standard InChI is InChI=1S/C14H16BrN3O/c1-2-13(15)14(19)17-12-6-3-5-11(9-12)10-18-8-4-7-16-18/h3-9,13H,2,10H2,1H3,(H,17,19). The van der Waals surface area contributed by atoms with E-state index in [1.54, 1.807) is 6.20 Å². The molecule has 0 aliphatic heterocycles. The molecule has 2 aromatic rings. The first kappa shape index (κ1) is 13.8. The minimum absolute atomic E-state index is 0.0151. The molecule has 5 heteroatoms. The molecular weight excluding hydrogens is 306 g/mol. The van der Waals surface area contributed by atoms with Crippen LogP contribution in [-0.4, -0.2) is 20.5 Å². The number of aromatic nitrogens is 2. The zero-order valence-corrected chi connectivity index (χ0v) is 12.3. The van der Waals surface area contributed by atoms with Gasteiger partial charge in [0.25, 0.3) is 0 Å². The first-order valence-electron chi connectivity index (χ1n) is 6.20. The van der Waals surface area contributed by atoms with E-state index in [1.807, 2.05) is 48.1 Å². The quantitative estimate of drug-likeness (QED) is 0.860. The van der Waals surface area contributed by atoms with E-state index in [-0.39, 0.29) is 10.7 Å². The molecule has 1 heterocycles. The van der Waals surface area contributed by atoms with Crippen molar-refractivity contribution in [2.24, 2.45) is 0 Å². The van der Waals surface area contributed by atoms with Crippen molar-refractivity contribution in [2.75, 3.05) is 5.32 Å². The largest absolute Gasteiger partial charge is 0.325 e. The number of nitrogens with one attached hydrogen (secondary N) is 1. The summed E-state index contributed by atoms with van der Waals surface area (Å²) >= 11 is 3.34. The molecule has 0 spiro atoms. The van der Waals surface area contributed by atoms with E-state index < -0.39 is 0 Å². The molecule has 1 amide bonds. The lowest BCUT2D eigenvalue weighted by Gasteiger charge is -2.10. The summed E-state index contributed by atoms with van der Waals surface area (Å²) < 4.78 is 1.85. The van der Waals surface area contributed by atoms with Gasteiger partial charge in [0, 0.05) is 18.1 Å². The highest BCUT2D eigenvalue weighted by atomic mass is 79.9. The molecule has 4 nitrogen and oxygen atoms in total. The SMILES string of the molecule is CCC(Br)C(=O)Nc1cccc(Cn2cccn2)c1. The van der Waals surface area contributed by atoms with Gasteiger partial charge in [0.1, 0.15) is 0 Å². The molecule has 0 saturated heterocycles.